The van der Waals surface area contributed by atoms with Crippen molar-refractivity contribution < 1.29 is 19.1 Å². The number of anilines is 1. The van der Waals surface area contributed by atoms with Crippen molar-refractivity contribution in [1.82, 2.24) is 15.0 Å². The number of nitrogens with one attached hydrogen (secondary N) is 1. The van der Waals surface area contributed by atoms with Gasteiger partial charge in [0.25, 0.3) is 5.91 Å². The van der Waals surface area contributed by atoms with E-state index < -0.39 is 0 Å². The molecule has 8 nitrogen and oxygen atoms in total. The quantitative estimate of drug-likeness (QED) is 0.455. The van der Waals surface area contributed by atoms with Gasteiger partial charge < -0.3 is 14.8 Å². The Labute approximate surface area is 182 Å². The summed E-state index contributed by atoms with van der Waals surface area (Å²) < 4.78 is 12.8. The number of esters is 1. The van der Waals surface area contributed by atoms with Crippen molar-refractivity contribution >= 4 is 39.0 Å². The molecule has 0 aliphatic heterocycles. The average molecular weight is 436 g/mol. The molecule has 0 spiro atoms. The molecule has 0 saturated heterocycles. The maximum absolute atomic E-state index is 12.8. The first-order valence-electron chi connectivity index (χ1n) is 9.59. The summed E-state index contributed by atoms with van der Waals surface area (Å²) in [6.45, 7) is 3.87. The van der Waals surface area contributed by atoms with Gasteiger partial charge in [-0.25, -0.2) is 9.48 Å². The molecular weight excluding hydrogens is 416 g/mol. The van der Waals surface area contributed by atoms with Gasteiger partial charge in [-0.3, -0.25) is 4.79 Å². The molecule has 0 saturated carbocycles. The van der Waals surface area contributed by atoms with E-state index in [-0.39, 0.29) is 17.6 Å². The molecule has 9 heteroatoms. The lowest BCUT2D eigenvalue weighted by atomic mass is 10.2. The van der Waals surface area contributed by atoms with E-state index in [9.17, 15) is 9.59 Å². The minimum Gasteiger partial charge on any atom is -0.497 e. The summed E-state index contributed by atoms with van der Waals surface area (Å²) in [5, 5.41) is 11.9. The number of methoxy groups -OCH3 is 1. The van der Waals surface area contributed by atoms with Crippen LogP contribution in [0.25, 0.3) is 15.8 Å². The Balaban J connectivity index is 1.56. The van der Waals surface area contributed by atoms with Crippen molar-refractivity contribution in [3.63, 3.8) is 0 Å². The van der Waals surface area contributed by atoms with Crippen molar-refractivity contribution in [3.05, 3.63) is 64.8 Å². The molecule has 0 unspecified atom stereocenters. The van der Waals surface area contributed by atoms with Gasteiger partial charge in [-0.15, -0.1) is 16.4 Å². The number of amides is 1. The Bertz CT molecular complexity index is 1280. The zero-order valence-corrected chi connectivity index (χ0v) is 18.0. The van der Waals surface area contributed by atoms with E-state index in [4.69, 9.17) is 9.47 Å². The summed E-state index contributed by atoms with van der Waals surface area (Å²) in [6.07, 6.45) is 0. The van der Waals surface area contributed by atoms with Crippen LogP contribution in [0.5, 0.6) is 5.75 Å². The predicted octanol–water partition coefficient (Wildman–Crippen LogP) is 4.23. The van der Waals surface area contributed by atoms with Crippen LogP contribution in [0.2, 0.25) is 0 Å². The van der Waals surface area contributed by atoms with Crippen LogP contribution < -0.4 is 10.1 Å². The number of fused-ring (bicyclic) bond motifs is 1. The molecule has 4 rings (SSSR count). The van der Waals surface area contributed by atoms with E-state index in [0.29, 0.717) is 28.6 Å². The third kappa shape index (κ3) is 4.13. The van der Waals surface area contributed by atoms with Crippen LogP contribution in [0.1, 0.15) is 32.8 Å². The Morgan fingerprint density at radius 3 is 2.77 bits per heavy atom. The highest BCUT2D eigenvalue weighted by Crippen LogP contribution is 2.29. The number of ether oxygens (including phenoxy) is 2. The first kappa shape index (κ1) is 20.5. The zero-order valence-electron chi connectivity index (χ0n) is 17.2. The van der Waals surface area contributed by atoms with Crippen molar-refractivity contribution in [2.45, 2.75) is 13.8 Å². The molecule has 4 aromatic rings. The number of hydrogen-bond donors (Lipinski definition) is 1. The summed E-state index contributed by atoms with van der Waals surface area (Å²) in [5.41, 5.74) is 2.17. The first-order chi connectivity index (χ1) is 15.0. The molecule has 2 heterocycles. The van der Waals surface area contributed by atoms with Crippen LogP contribution in [0.4, 0.5) is 5.69 Å². The predicted molar refractivity (Wildman–Crippen MR) is 118 cm³/mol. The summed E-state index contributed by atoms with van der Waals surface area (Å²) in [6, 6.07) is 14.6. The van der Waals surface area contributed by atoms with Gasteiger partial charge in [-0.2, -0.15) is 0 Å². The highest BCUT2D eigenvalue weighted by molar-refractivity contribution is 7.20. The van der Waals surface area contributed by atoms with Gasteiger partial charge in [0.15, 0.2) is 5.69 Å². The molecular formula is C22H20N4O4S. The molecule has 0 aliphatic rings. The van der Waals surface area contributed by atoms with Gasteiger partial charge in [-0.1, -0.05) is 11.3 Å². The number of nitrogens with zero attached hydrogens (tertiary/aromatic N) is 3. The number of aromatic nitrogens is 3. The molecule has 0 radical (unpaired) electrons. The molecule has 0 bridgehead atoms. The molecule has 158 valence electrons. The van der Waals surface area contributed by atoms with Crippen LogP contribution in [0, 0.1) is 6.92 Å². The van der Waals surface area contributed by atoms with Gasteiger partial charge in [0, 0.05) is 16.5 Å². The average Bonchev–Trinajstić information content (AvgIpc) is 3.37. The van der Waals surface area contributed by atoms with Crippen LogP contribution in [-0.4, -0.2) is 40.6 Å². The van der Waals surface area contributed by atoms with E-state index in [2.05, 4.69) is 15.6 Å². The Hall–Kier alpha value is -3.72. The van der Waals surface area contributed by atoms with Crippen molar-refractivity contribution in [3.8, 4) is 11.4 Å². The van der Waals surface area contributed by atoms with Gasteiger partial charge in [-0.05, 0) is 55.6 Å². The maximum atomic E-state index is 12.8. The van der Waals surface area contributed by atoms with Gasteiger partial charge in [0.2, 0.25) is 0 Å². The fraction of sp³-hybridized carbons (Fsp3) is 0.182. The van der Waals surface area contributed by atoms with Gasteiger partial charge >= 0.3 is 5.97 Å². The van der Waals surface area contributed by atoms with Crippen LogP contribution in [0.3, 0.4) is 0 Å². The zero-order chi connectivity index (χ0) is 22.0. The van der Waals surface area contributed by atoms with E-state index in [1.807, 2.05) is 36.4 Å². The van der Waals surface area contributed by atoms with Crippen molar-refractivity contribution in [1.29, 1.82) is 0 Å². The third-order valence-electron chi connectivity index (χ3n) is 4.66. The molecule has 1 N–H and O–H groups in total. The summed E-state index contributed by atoms with van der Waals surface area (Å²) in [4.78, 5) is 25.3. The fourth-order valence-corrected chi connectivity index (χ4v) is 4.08. The molecule has 0 atom stereocenters. The number of carbonyl (C=O) groups excluding carboxylic acids is 2. The smallest absolute Gasteiger partial charge is 0.348 e. The highest BCUT2D eigenvalue weighted by atomic mass is 32.1. The normalized spacial score (nSPS) is 10.8. The highest BCUT2D eigenvalue weighted by Gasteiger charge is 2.18. The number of rotatable bonds is 6. The Kier molecular flexibility index (Phi) is 5.68. The number of benzene rings is 2. The Morgan fingerprint density at radius 1 is 1.16 bits per heavy atom. The second-order valence-electron chi connectivity index (χ2n) is 6.67. The third-order valence-corrected chi connectivity index (χ3v) is 5.75. The van der Waals surface area contributed by atoms with Crippen molar-refractivity contribution in [2.24, 2.45) is 0 Å². The lowest BCUT2D eigenvalue weighted by Crippen LogP contribution is -2.14. The number of hydrogen-bond acceptors (Lipinski definition) is 7. The summed E-state index contributed by atoms with van der Waals surface area (Å²) in [7, 11) is 1.59. The van der Waals surface area contributed by atoms with Crippen LogP contribution >= 0.6 is 11.3 Å². The largest absolute Gasteiger partial charge is 0.497 e. The lowest BCUT2D eigenvalue weighted by molar-refractivity contribution is 0.0532. The van der Waals surface area contributed by atoms with Gasteiger partial charge in [0.05, 0.1) is 25.1 Å². The number of carbonyl (C=O) groups is 2. The molecule has 1 amide bonds. The van der Waals surface area contributed by atoms with Crippen molar-refractivity contribution in [2.75, 3.05) is 19.0 Å². The second-order valence-corrected chi connectivity index (χ2v) is 7.76. The first-order valence-corrected chi connectivity index (χ1v) is 10.4. The SMILES string of the molecule is CCOC(=O)c1cc2cc(NC(=O)c3nnn(-c4cccc(OC)c4)c3C)ccc2s1. The minimum atomic E-state index is -0.369. The monoisotopic (exact) mass is 436 g/mol. The summed E-state index contributed by atoms with van der Waals surface area (Å²) >= 11 is 1.35. The minimum absolute atomic E-state index is 0.223. The molecule has 2 aromatic carbocycles. The van der Waals surface area contributed by atoms with E-state index in [1.54, 1.807) is 37.8 Å². The van der Waals surface area contributed by atoms with E-state index in [0.717, 1.165) is 15.8 Å². The topological polar surface area (TPSA) is 95.3 Å². The van der Waals surface area contributed by atoms with E-state index >= 15 is 0 Å². The van der Waals surface area contributed by atoms with Gasteiger partial charge in [0.1, 0.15) is 10.6 Å². The fourth-order valence-electron chi connectivity index (χ4n) is 3.14. The second kappa shape index (κ2) is 8.57. The maximum Gasteiger partial charge on any atom is 0.348 e. The number of thiophene rings is 1. The molecule has 2 aromatic heterocycles. The van der Waals surface area contributed by atoms with Crippen LogP contribution in [0.15, 0.2) is 48.5 Å². The lowest BCUT2D eigenvalue weighted by Gasteiger charge is -2.06. The molecule has 0 aliphatic carbocycles. The standard InChI is InChI=1S/C22H20N4O4S/c1-4-30-22(28)19-11-14-10-15(8-9-18(14)31-19)23-21(27)20-13(2)26(25-24-20)16-6-5-7-17(12-16)29-3/h5-12H,4H2,1-3H3,(H,23,27). The molecule has 0 fully saturated rings. The summed E-state index contributed by atoms with van der Waals surface area (Å²) in [5.74, 6) is -0.0319. The van der Waals surface area contributed by atoms with Crippen LogP contribution in [-0.2, 0) is 4.74 Å². The molecule has 31 heavy (non-hydrogen) atoms. The Morgan fingerprint density at radius 2 is 2.00 bits per heavy atom. The van der Waals surface area contributed by atoms with E-state index in [1.165, 1.54) is 11.3 Å².